The number of pyridine rings is 1. The van der Waals surface area contributed by atoms with Crippen LogP contribution in [0.15, 0.2) is 53.7 Å². The number of nitrogens with one attached hydrogen (secondary N) is 2. The number of likely N-dealkylation sites (tertiary alicyclic amines) is 1. The van der Waals surface area contributed by atoms with E-state index in [0.29, 0.717) is 22.0 Å². The summed E-state index contributed by atoms with van der Waals surface area (Å²) in [6.45, 7) is 5.21. The Hall–Kier alpha value is -4.11. The minimum Gasteiger partial charge on any atom is -0.480 e. The molecule has 47 heavy (non-hydrogen) atoms. The Morgan fingerprint density at radius 2 is 1.81 bits per heavy atom. The highest BCUT2D eigenvalue weighted by Crippen LogP contribution is 2.41. The zero-order chi connectivity index (χ0) is 34.3. The Morgan fingerprint density at radius 3 is 2.49 bits per heavy atom. The summed E-state index contributed by atoms with van der Waals surface area (Å²) in [5.74, 6) is -1.04. The molecule has 248 valence electrons. The summed E-state index contributed by atoms with van der Waals surface area (Å²) < 4.78 is 39.4. The van der Waals surface area contributed by atoms with Crippen LogP contribution in [0, 0.1) is 0 Å². The van der Waals surface area contributed by atoms with E-state index in [1.807, 2.05) is 0 Å². The van der Waals surface area contributed by atoms with Crippen LogP contribution in [0.1, 0.15) is 27.2 Å². The number of carbonyl (C=O) groups is 2. The molecule has 13 nitrogen and oxygen atoms in total. The van der Waals surface area contributed by atoms with Gasteiger partial charge >= 0.3 is 12.1 Å². The first-order chi connectivity index (χ1) is 22.1. The van der Waals surface area contributed by atoms with E-state index < -0.39 is 39.8 Å². The number of ether oxygens (including phenoxy) is 2. The summed E-state index contributed by atoms with van der Waals surface area (Å²) in [6, 6.07) is 7.82. The van der Waals surface area contributed by atoms with E-state index in [4.69, 9.17) is 44.3 Å². The van der Waals surface area contributed by atoms with E-state index in [9.17, 15) is 23.1 Å². The topological polar surface area (TPSA) is 173 Å². The smallest absolute Gasteiger partial charge is 0.411 e. The number of carboxylic acid groups (broad SMARTS) is 1. The van der Waals surface area contributed by atoms with Gasteiger partial charge in [-0.05, 0) is 56.7 Å². The monoisotopic (exact) mass is 722 g/mol. The maximum atomic E-state index is 13.2. The molecule has 0 unspecified atom stereocenters. The Labute approximate surface area is 285 Å². The fraction of sp³-hybridized carbons (Fsp3) is 0.300. The Kier molecular flexibility index (Phi) is 9.60. The largest absolute Gasteiger partial charge is 0.480 e. The minimum atomic E-state index is -4.22. The maximum Gasteiger partial charge on any atom is 0.411 e. The van der Waals surface area contributed by atoms with Gasteiger partial charge in [0.2, 0.25) is 11.8 Å². The molecule has 1 aliphatic rings. The normalized spacial score (nSPS) is 16.6. The number of benzene rings is 2. The van der Waals surface area contributed by atoms with Crippen molar-refractivity contribution in [2.45, 2.75) is 49.8 Å². The summed E-state index contributed by atoms with van der Waals surface area (Å²) in [7, 11) is -2.94. The van der Waals surface area contributed by atoms with Gasteiger partial charge in [-0.1, -0.05) is 40.9 Å². The summed E-state index contributed by atoms with van der Waals surface area (Å²) in [5.41, 5.74) is 0.752. The number of amides is 1. The van der Waals surface area contributed by atoms with Crippen molar-refractivity contribution < 1.29 is 32.6 Å². The molecule has 0 radical (unpaired) electrons. The van der Waals surface area contributed by atoms with Crippen molar-refractivity contribution in [2.75, 3.05) is 23.7 Å². The van der Waals surface area contributed by atoms with Crippen LogP contribution in [0.4, 0.5) is 16.4 Å². The van der Waals surface area contributed by atoms with Gasteiger partial charge in [0.25, 0.3) is 10.0 Å². The molecule has 4 aromatic rings. The van der Waals surface area contributed by atoms with Crippen molar-refractivity contribution in [1.29, 1.82) is 0 Å². The van der Waals surface area contributed by atoms with Gasteiger partial charge in [-0.25, -0.2) is 33.0 Å². The molecule has 3 heterocycles. The van der Waals surface area contributed by atoms with Gasteiger partial charge in [-0.2, -0.15) is 0 Å². The number of sulfonamides is 1. The number of hydrogen-bond donors (Lipinski definition) is 3. The van der Waals surface area contributed by atoms with Crippen LogP contribution in [0.3, 0.4) is 0 Å². The fourth-order valence-electron chi connectivity index (χ4n) is 4.99. The third kappa shape index (κ3) is 7.56. The highest BCUT2D eigenvalue weighted by Gasteiger charge is 2.42. The predicted molar refractivity (Wildman–Crippen MR) is 178 cm³/mol. The van der Waals surface area contributed by atoms with E-state index in [0.717, 1.165) is 0 Å². The molecular formula is C30H29Cl3N6O7S. The second-order valence-electron chi connectivity index (χ2n) is 11.6. The van der Waals surface area contributed by atoms with Crippen molar-refractivity contribution >= 4 is 79.4 Å². The van der Waals surface area contributed by atoms with Crippen molar-refractivity contribution in [3.63, 3.8) is 0 Å². The molecule has 2 aromatic carbocycles. The lowest BCUT2D eigenvalue weighted by Gasteiger charge is -2.26. The second kappa shape index (κ2) is 13.2. The number of rotatable bonds is 8. The number of halogens is 3. The third-order valence-electron chi connectivity index (χ3n) is 7.02. The van der Waals surface area contributed by atoms with Gasteiger partial charge in [0.1, 0.15) is 11.6 Å². The lowest BCUT2D eigenvalue weighted by atomic mass is 10.0. The molecule has 17 heteroatoms. The van der Waals surface area contributed by atoms with Gasteiger partial charge < -0.3 is 19.9 Å². The number of carbonyl (C=O) groups excluding carboxylic acids is 1. The SMILES string of the molecule is COc1ncc(Cl)cc1S(=O)(=O)Nc1ccc(Cl)c(-c2ccc3nc(N[C@H]4C[C@H](C(=O)O)N(C(=O)OC(C)(C)C)C4)ncc3c2)c1Cl. The van der Waals surface area contributed by atoms with Crippen LogP contribution < -0.4 is 14.8 Å². The fourth-order valence-corrected chi connectivity index (χ4v) is 7.12. The van der Waals surface area contributed by atoms with Gasteiger partial charge in [0.05, 0.1) is 33.4 Å². The Morgan fingerprint density at radius 1 is 1.06 bits per heavy atom. The summed E-state index contributed by atoms with van der Waals surface area (Å²) in [4.78, 5) is 38.3. The molecule has 1 saturated heterocycles. The zero-order valence-corrected chi connectivity index (χ0v) is 28.5. The lowest BCUT2D eigenvalue weighted by molar-refractivity contribution is -0.142. The molecular weight excluding hydrogens is 695 g/mol. The number of nitrogens with zero attached hydrogens (tertiary/aromatic N) is 4. The van der Waals surface area contributed by atoms with E-state index in [1.165, 1.54) is 36.4 Å². The third-order valence-corrected chi connectivity index (χ3v) is 9.29. The number of anilines is 2. The van der Waals surface area contributed by atoms with Crippen LogP contribution in [0.5, 0.6) is 5.88 Å². The number of aliphatic carboxylic acids is 1. The van der Waals surface area contributed by atoms with Gasteiger partial charge in [0, 0.05) is 42.4 Å². The van der Waals surface area contributed by atoms with Crippen LogP contribution in [-0.4, -0.2) is 76.8 Å². The van der Waals surface area contributed by atoms with E-state index in [2.05, 4.69) is 25.0 Å². The molecule has 0 saturated carbocycles. The molecule has 5 rings (SSSR count). The molecule has 0 spiro atoms. The minimum absolute atomic E-state index is 0.0392. The highest BCUT2D eigenvalue weighted by molar-refractivity contribution is 7.92. The van der Waals surface area contributed by atoms with Crippen molar-refractivity contribution in [3.05, 3.63) is 63.9 Å². The zero-order valence-electron chi connectivity index (χ0n) is 25.4. The lowest BCUT2D eigenvalue weighted by Crippen LogP contribution is -2.43. The number of hydrogen-bond acceptors (Lipinski definition) is 10. The summed E-state index contributed by atoms with van der Waals surface area (Å²) in [5, 5.41) is 13.8. The quantitative estimate of drug-likeness (QED) is 0.185. The average molecular weight is 724 g/mol. The van der Waals surface area contributed by atoms with Crippen LogP contribution in [-0.2, 0) is 19.6 Å². The first-order valence-electron chi connectivity index (χ1n) is 14.0. The van der Waals surface area contributed by atoms with E-state index >= 15 is 0 Å². The summed E-state index contributed by atoms with van der Waals surface area (Å²) in [6.07, 6.45) is 2.25. The molecule has 1 amide bonds. The van der Waals surface area contributed by atoms with Gasteiger partial charge in [-0.15, -0.1) is 0 Å². The van der Waals surface area contributed by atoms with E-state index in [-0.39, 0.29) is 50.4 Å². The second-order valence-corrected chi connectivity index (χ2v) is 14.5. The maximum absolute atomic E-state index is 13.2. The number of aromatic nitrogens is 3. The van der Waals surface area contributed by atoms with Crippen LogP contribution in [0.25, 0.3) is 22.0 Å². The Balaban J connectivity index is 1.38. The summed E-state index contributed by atoms with van der Waals surface area (Å²) >= 11 is 19.2. The molecule has 0 aliphatic carbocycles. The standard InChI is InChI=1S/C30H29Cl3N6O7S/c1-30(2,3)46-29(42)39-14-18(11-22(39)27(40)41)36-28-35-12-16-9-15(5-7-20(16)37-28)24-19(32)6-8-21(25(24)33)38-47(43,44)23-10-17(31)13-34-26(23)45-4/h5-10,12-13,18,22,38H,11,14H2,1-4H3,(H,40,41)(H,35,36,37)/t18-,22+/m0/s1. The molecule has 2 atom stereocenters. The number of methoxy groups -OCH3 is 1. The van der Waals surface area contributed by atoms with Crippen molar-refractivity contribution in [3.8, 4) is 17.0 Å². The number of carboxylic acids is 1. The van der Waals surface area contributed by atoms with E-state index in [1.54, 1.807) is 45.2 Å². The van der Waals surface area contributed by atoms with Gasteiger partial charge in [0.15, 0.2) is 4.90 Å². The Bertz CT molecular complexity index is 1990. The average Bonchev–Trinajstić information content (AvgIpc) is 3.42. The highest BCUT2D eigenvalue weighted by atomic mass is 35.5. The van der Waals surface area contributed by atoms with Crippen LogP contribution >= 0.6 is 34.8 Å². The molecule has 1 fully saturated rings. The van der Waals surface area contributed by atoms with Crippen molar-refractivity contribution in [2.24, 2.45) is 0 Å². The first-order valence-corrected chi connectivity index (χ1v) is 16.6. The molecule has 3 N–H and O–H groups in total. The first kappa shape index (κ1) is 34.2. The molecule has 0 bridgehead atoms. The number of fused-ring (bicyclic) bond motifs is 1. The van der Waals surface area contributed by atoms with Crippen LogP contribution in [0.2, 0.25) is 15.1 Å². The molecule has 1 aliphatic heterocycles. The van der Waals surface area contributed by atoms with Crippen molar-refractivity contribution in [1.82, 2.24) is 19.9 Å². The van der Waals surface area contributed by atoms with Gasteiger partial charge in [-0.3, -0.25) is 9.62 Å². The molecule has 2 aromatic heterocycles. The predicted octanol–water partition coefficient (Wildman–Crippen LogP) is 6.34.